The Morgan fingerprint density at radius 1 is 1.56 bits per heavy atom. The van der Waals surface area contributed by atoms with E-state index in [2.05, 4.69) is 10.4 Å². The molecule has 0 fully saturated rings. The van der Waals surface area contributed by atoms with Gasteiger partial charge in [0, 0.05) is 30.9 Å². The molecule has 0 saturated carbocycles. The van der Waals surface area contributed by atoms with Crippen molar-refractivity contribution in [3.63, 3.8) is 0 Å². The fourth-order valence-electron chi connectivity index (χ4n) is 1.57. The van der Waals surface area contributed by atoms with Crippen molar-refractivity contribution in [2.45, 2.75) is 6.54 Å². The minimum Gasteiger partial charge on any atom is -0.389 e. The second-order valence-corrected chi connectivity index (χ2v) is 4.37. The second kappa shape index (κ2) is 5.14. The number of anilines is 1. The molecule has 2 rings (SSSR count). The Morgan fingerprint density at radius 2 is 2.33 bits per heavy atom. The van der Waals surface area contributed by atoms with Crippen molar-refractivity contribution in [1.29, 1.82) is 0 Å². The number of benzene rings is 1. The molecule has 0 amide bonds. The molecule has 0 atom stereocenters. The van der Waals surface area contributed by atoms with Crippen molar-refractivity contribution in [2.75, 3.05) is 5.32 Å². The molecule has 0 aliphatic carbocycles. The molecule has 0 aliphatic heterocycles. The summed E-state index contributed by atoms with van der Waals surface area (Å²) in [6, 6.07) is 4.64. The van der Waals surface area contributed by atoms with Crippen molar-refractivity contribution >= 4 is 22.9 Å². The summed E-state index contributed by atoms with van der Waals surface area (Å²) < 4.78 is 15.4. The standard InChI is InChI=1S/C12H13FN4S/c1-17-7-8(6-16-17)5-15-11-3-2-9(12(14)18)4-10(11)13/h2-4,6-7,15H,5H2,1H3,(H2,14,18). The smallest absolute Gasteiger partial charge is 0.146 e. The number of hydrogen-bond donors (Lipinski definition) is 2. The summed E-state index contributed by atoms with van der Waals surface area (Å²) in [4.78, 5) is 0.188. The average molecular weight is 264 g/mol. The van der Waals surface area contributed by atoms with Crippen LogP contribution in [0.2, 0.25) is 0 Å². The van der Waals surface area contributed by atoms with E-state index in [1.165, 1.54) is 6.07 Å². The molecule has 6 heteroatoms. The highest BCUT2D eigenvalue weighted by atomic mass is 32.1. The normalized spacial score (nSPS) is 10.3. The maximum Gasteiger partial charge on any atom is 0.146 e. The highest BCUT2D eigenvalue weighted by Crippen LogP contribution is 2.16. The monoisotopic (exact) mass is 264 g/mol. The Bertz CT molecular complexity index is 579. The maximum absolute atomic E-state index is 13.7. The van der Waals surface area contributed by atoms with Crippen molar-refractivity contribution in [2.24, 2.45) is 12.8 Å². The predicted molar refractivity (Wildman–Crippen MR) is 72.8 cm³/mol. The molecule has 1 aromatic carbocycles. The molecule has 0 saturated heterocycles. The summed E-state index contributed by atoms with van der Waals surface area (Å²) in [6.45, 7) is 0.511. The zero-order valence-corrected chi connectivity index (χ0v) is 10.7. The van der Waals surface area contributed by atoms with Gasteiger partial charge in [0.05, 0.1) is 11.9 Å². The Hall–Kier alpha value is -1.95. The van der Waals surface area contributed by atoms with Gasteiger partial charge in [-0.05, 0) is 18.2 Å². The molecule has 1 heterocycles. The van der Waals surface area contributed by atoms with Crippen molar-refractivity contribution in [3.8, 4) is 0 Å². The van der Waals surface area contributed by atoms with Gasteiger partial charge >= 0.3 is 0 Å². The minimum atomic E-state index is -0.371. The van der Waals surface area contributed by atoms with Gasteiger partial charge in [0.2, 0.25) is 0 Å². The molecule has 1 aromatic heterocycles. The van der Waals surface area contributed by atoms with E-state index in [0.29, 0.717) is 17.8 Å². The van der Waals surface area contributed by atoms with Gasteiger partial charge < -0.3 is 11.1 Å². The van der Waals surface area contributed by atoms with Crippen LogP contribution >= 0.6 is 12.2 Å². The number of aryl methyl sites for hydroxylation is 1. The number of nitrogens with one attached hydrogen (secondary N) is 1. The Kier molecular flexibility index (Phi) is 3.57. The van der Waals surface area contributed by atoms with Crippen LogP contribution in [0.4, 0.5) is 10.1 Å². The summed E-state index contributed by atoms with van der Waals surface area (Å²) in [6.07, 6.45) is 3.60. The summed E-state index contributed by atoms with van der Waals surface area (Å²) >= 11 is 4.79. The van der Waals surface area contributed by atoms with Crippen molar-refractivity contribution in [3.05, 3.63) is 47.5 Å². The van der Waals surface area contributed by atoms with Crippen LogP contribution in [0, 0.1) is 5.82 Å². The average Bonchev–Trinajstić information content (AvgIpc) is 2.73. The van der Waals surface area contributed by atoms with E-state index in [1.807, 2.05) is 13.2 Å². The topological polar surface area (TPSA) is 55.9 Å². The number of nitrogens with zero attached hydrogens (tertiary/aromatic N) is 2. The summed E-state index contributed by atoms with van der Waals surface area (Å²) in [5.74, 6) is -0.371. The molecule has 18 heavy (non-hydrogen) atoms. The highest BCUT2D eigenvalue weighted by molar-refractivity contribution is 7.80. The van der Waals surface area contributed by atoms with E-state index >= 15 is 0 Å². The number of thiocarbonyl (C=S) groups is 1. The largest absolute Gasteiger partial charge is 0.389 e. The quantitative estimate of drug-likeness (QED) is 0.827. The van der Waals surface area contributed by atoms with Crippen LogP contribution < -0.4 is 11.1 Å². The molecule has 3 N–H and O–H groups in total. The molecule has 4 nitrogen and oxygen atoms in total. The van der Waals surface area contributed by atoms with Gasteiger partial charge in [-0.2, -0.15) is 5.10 Å². The first-order valence-electron chi connectivity index (χ1n) is 5.37. The highest BCUT2D eigenvalue weighted by Gasteiger charge is 2.05. The van der Waals surface area contributed by atoms with E-state index < -0.39 is 0 Å². The lowest BCUT2D eigenvalue weighted by Crippen LogP contribution is -2.10. The summed E-state index contributed by atoms with van der Waals surface area (Å²) in [5, 5.41) is 7.03. The third kappa shape index (κ3) is 2.84. The predicted octanol–water partition coefficient (Wildman–Crippen LogP) is 1.81. The van der Waals surface area contributed by atoms with Crippen LogP contribution in [-0.4, -0.2) is 14.8 Å². The number of rotatable bonds is 4. The zero-order valence-electron chi connectivity index (χ0n) is 9.85. The number of hydrogen-bond acceptors (Lipinski definition) is 3. The molecule has 0 spiro atoms. The fourth-order valence-corrected chi connectivity index (χ4v) is 1.70. The second-order valence-electron chi connectivity index (χ2n) is 3.93. The van der Waals surface area contributed by atoms with Gasteiger partial charge in [0.1, 0.15) is 10.8 Å². The van der Waals surface area contributed by atoms with Gasteiger partial charge in [0.15, 0.2) is 0 Å². The maximum atomic E-state index is 13.7. The fraction of sp³-hybridized carbons (Fsp3) is 0.167. The lowest BCUT2D eigenvalue weighted by atomic mass is 10.2. The number of halogens is 1. The molecule has 0 bridgehead atoms. The van der Waals surface area contributed by atoms with Crippen molar-refractivity contribution < 1.29 is 4.39 Å². The Balaban J connectivity index is 2.08. The van der Waals surface area contributed by atoms with Crippen LogP contribution in [0.25, 0.3) is 0 Å². The minimum absolute atomic E-state index is 0.188. The lowest BCUT2D eigenvalue weighted by molar-refractivity contribution is 0.630. The third-order valence-corrected chi connectivity index (χ3v) is 2.73. The summed E-state index contributed by atoms with van der Waals surface area (Å²) in [5.41, 5.74) is 7.35. The van der Waals surface area contributed by atoms with Crippen molar-refractivity contribution in [1.82, 2.24) is 9.78 Å². The van der Waals surface area contributed by atoms with E-state index in [0.717, 1.165) is 5.56 Å². The van der Waals surface area contributed by atoms with E-state index in [9.17, 15) is 4.39 Å². The van der Waals surface area contributed by atoms with Crippen LogP contribution in [-0.2, 0) is 13.6 Å². The van der Waals surface area contributed by atoms with Crippen LogP contribution in [0.1, 0.15) is 11.1 Å². The van der Waals surface area contributed by atoms with Gasteiger partial charge in [-0.1, -0.05) is 12.2 Å². The van der Waals surface area contributed by atoms with Gasteiger partial charge in [-0.25, -0.2) is 4.39 Å². The molecule has 0 unspecified atom stereocenters. The molecular weight excluding hydrogens is 251 g/mol. The van der Waals surface area contributed by atoms with Crippen LogP contribution in [0.5, 0.6) is 0 Å². The number of aromatic nitrogens is 2. The third-order valence-electron chi connectivity index (χ3n) is 2.49. The Morgan fingerprint density at radius 3 is 2.89 bits per heavy atom. The first-order valence-corrected chi connectivity index (χ1v) is 5.78. The van der Waals surface area contributed by atoms with E-state index in [-0.39, 0.29) is 10.8 Å². The Labute approximate surface area is 110 Å². The van der Waals surface area contributed by atoms with Gasteiger partial charge in [0.25, 0.3) is 0 Å². The molecular formula is C12H13FN4S. The van der Waals surface area contributed by atoms with Crippen LogP contribution in [0.15, 0.2) is 30.6 Å². The molecule has 0 aliphatic rings. The SMILES string of the molecule is Cn1cc(CNc2ccc(C(N)=S)cc2F)cn1. The van der Waals surface area contributed by atoms with E-state index in [1.54, 1.807) is 23.0 Å². The lowest BCUT2D eigenvalue weighted by Gasteiger charge is -2.07. The summed E-state index contributed by atoms with van der Waals surface area (Å²) in [7, 11) is 1.83. The first-order chi connectivity index (χ1) is 8.56. The zero-order chi connectivity index (χ0) is 13.1. The van der Waals surface area contributed by atoms with E-state index in [4.69, 9.17) is 18.0 Å². The van der Waals surface area contributed by atoms with Gasteiger partial charge in [-0.3, -0.25) is 4.68 Å². The molecule has 0 radical (unpaired) electrons. The van der Waals surface area contributed by atoms with Gasteiger partial charge in [-0.15, -0.1) is 0 Å². The first kappa shape index (κ1) is 12.5. The molecule has 2 aromatic rings. The van der Waals surface area contributed by atoms with Crippen LogP contribution in [0.3, 0.4) is 0 Å². The molecule has 94 valence electrons. The number of nitrogens with two attached hydrogens (primary N) is 1.